The number of fused-ring (bicyclic) bond motifs is 1. The number of carbonyl (C=O) groups excluding carboxylic acids is 1. The molecule has 1 heterocycles. The normalized spacial score (nSPS) is 11.3. The average Bonchev–Trinajstić information content (AvgIpc) is 2.60. The zero-order valence-electron chi connectivity index (χ0n) is 15.2. The second-order valence-electron chi connectivity index (χ2n) is 6.84. The van der Waals surface area contributed by atoms with Gasteiger partial charge < -0.3 is 4.90 Å². The highest BCUT2D eigenvalue weighted by atomic mass is 16.2. The third kappa shape index (κ3) is 3.41. The summed E-state index contributed by atoms with van der Waals surface area (Å²) >= 11 is 0. The van der Waals surface area contributed by atoms with Crippen LogP contribution in [-0.2, 0) is 0 Å². The van der Waals surface area contributed by atoms with Crippen LogP contribution < -0.4 is 0 Å². The maximum atomic E-state index is 13.3. The van der Waals surface area contributed by atoms with Crippen molar-refractivity contribution in [2.75, 3.05) is 0 Å². The number of hydrogen-bond acceptors (Lipinski definition) is 2. The lowest BCUT2D eigenvalue weighted by molar-refractivity contribution is 0.0646. The van der Waals surface area contributed by atoms with Crippen LogP contribution in [0.25, 0.3) is 22.2 Å². The number of rotatable bonds is 4. The summed E-state index contributed by atoms with van der Waals surface area (Å²) in [6.45, 7) is 8.22. The van der Waals surface area contributed by atoms with E-state index in [-0.39, 0.29) is 18.0 Å². The van der Waals surface area contributed by atoms with Crippen molar-refractivity contribution in [1.82, 2.24) is 9.88 Å². The van der Waals surface area contributed by atoms with Crippen LogP contribution in [0.1, 0.15) is 38.1 Å². The van der Waals surface area contributed by atoms with E-state index in [9.17, 15) is 4.79 Å². The number of hydrogen-bond donors (Lipinski definition) is 0. The number of nitrogens with zero attached hydrogens (tertiary/aromatic N) is 2. The summed E-state index contributed by atoms with van der Waals surface area (Å²) in [5.74, 6) is 0.0563. The number of benzene rings is 2. The van der Waals surface area contributed by atoms with Crippen LogP contribution in [0, 0.1) is 0 Å². The molecule has 0 saturated carbocycles. The molecular weight excluding hydrogens is 308 g/mol. The summed E-state index contributed by atoms with van der Waals surface area (Å²) in [7, 11) is 0. The lowest BCUT2D eigenvalue weighted by atomic mass is 10.0. The molecule has 25 heavy (non-hydrogen) atoms. The first-order chi connectivity index (χ1) is 12.0. The van der Waals surface area contributed by atoms with E-state index in [1.54, 1.807) is 0 Å². The Morgan fingerprint density at radius 1 is 0.880 bits per heavy atom. The molecule has 0 atom stereocenters. The highest BCUT2D eigenvalue weighted by Gasteiger charge is 2.24. The largest absolute Gasteiger partial charge is 0.334 e. The molecule has 0 N–H and O–H groups in total. The molecule has 3 nitrogen and oxygen atoms in total. The molecule has 0 fully saturated rings. The molecule has 1 amide bonds. The SMILES string of the molecule is CC(C)N(C(=O)c1cc(-c2ccccc2)nc2ccccc12)C(C)C. The fraction of sp³-hybridized carbons (Fsp3) is 0.273. The summed E-state index contributed by atoms with van der Waals surface area (Å²) in [6.07, 6.45) is 0. The molecule has 128 valence electrons. The second kappa shape index (κ2) is 7.06. The number of pyridine rings is 1. The van der Waals surface area contributed by atoms with Gasteiger partial charge in [0.05, 0.1) is 16.8 Å². The third-order valence-corrected chi connectivity index (χ3v) is 4.36. The van der Waals surface area contributed by atoms with E-state index >= 15 is 0 Å². The van der Waals surface area contributed by atoms with Crippen molar-refractivity contribution in [3.8, 4) is 11.3 Å². The van der Waals surface area contributed by atoms with Gasteiger partial charge in [-0.05, 0) is 39.8 Å². The molecule has 0 bridgehead atoms. The van der Waals surface area contributed by atoms with Gasteiger partial charge in [0, 0.05) is 23.0 Å². The smallest absolute Gasteiger partial charge is 0.255 e. The first kappa shape index (κ1) is 17.2. The second-order valence-corrected chi connectivity index (χ2v) is 6.84. The Balaban J connectivity index is 2.21. The number of aromatic nitrogens is 1. The monoisotopic (exact) mass is 332 g/mol. The van der Waals surface area contributed by atoms with Crippen LogP contribution in [0.2, 0.25) is 0 Å². The zero-order valence-corrected chi connectivity index (χ0v) is 15.2. The molecule has 0 spiro atoms. The molecule has 0 radical (unpaired) electrons. The van der Waals surface area contributed by atoms with Crippen LogP contribution >= 0.6 is 0 Å². The molecule has 3 aromatic rings. The molecule has 0 saturated heterocycles. The quantitative estimate of drug-likeness (QED) is 0.661. The van der Waals surface area contributed by atoms with Crippen LogP contribution in [0.5, 0.6) is 0 Å². The lowest BCUT2D eigenvalue weighted by Gasteiger charge is -2.31. The molecule has 3 heteroatoms. The molecule has 0 aliphatic carbocycles. The fourth-order valence-corrected chi connectivity index (χ4v) is 3.31. The van der Waals surface area contributed by atoms with Gasteiger partial charge >= 0.3 is 0 Å². The van der Waals surface area contributed by atoms with Crippen molar-refractivity contribution >= 4 is 16.8 Å². The molecule has 1 aromatic heterocycles. The maximum absolute atomic E-state index is 13.3. The molecule has 0 aliphatic heterocycles. The molecule has 0 unspecified atom stereocenters. The summed E-state index contributed by atoms with van der Waals surface area (Å²) in [6, 6.07) is 20.1. The summed E-state index contributed by atoms with van der Waals surface area (Å²) < 4.78 is 0. The Bertz CT molecular complexity index is 877. The first-order valence-electron chi connectivity index (χ1n) is 8.77. The highest BCUT2D eigenvalue weighted by Crippen LogP contribution is 2.26. The maximum Gasteiger partial charge on any atom is 0.255 e. The van der Waals surface area contributed by atoms with Crippen molar-refractivity contribution in [3.63, 3.8) is 0 Å². The Morgan fingerprint density at radius 3 is 2.12 bits per heavy atom. The average molecular weight is 332 g/mol. The number of amides is 1. The van der Waals surface area contributed by atoms with E-state index in [0.717, 1.165) is 22.2 Å². The van der Waals surface area contributed by atoms with Gasteiger partial charge in [0.15, 0.2) is 0 Å². The minimum atomic E-state index is 0.0563. The van der Waals surface area contributed by atoms with Gasteiger partial charge in [-0.3, -0.25) is 4.79 Å². The van der Waals surface area contributed by atoms with E-state index in [1.165, 1.54) is 0 Å². The molecular formula is C22H24N2O. The van der Waals surface area contributed by atoms with E-state index in [4.69, 9.17) is 4.98 Å². The van der Waals surface area contributed by atoms with Gasteiger partial charge in [-0.1, -0.05) is 48.5 Å². The predicted octanol–water partition coefficient (Wildman–Crippen LogP) is 5.16. The van der Waals surface area contributed by atoms with E-state index in [1.807, 2.05) is 65.6 Å². The standard InChI is InChI=1S/C22H24N2O/c1-15(2)24(16(3)4)22(25)19-14-21(17-10-6-5-7-11-17)23-20-13-9-8-12-18(19)20/h5-16H,1-4H3. The zero-order chi connectivity index (χ0) is 18.0. The third-order valence-electron chi connectivity index (χ3n) is 4.36. The highest BCUT2D eigenvalue weighted by molar-refractivity contribution is 6.07. The minimum Gasteiger partial charge on any atom is -0.334 e. The number of carbonyl (C=O) groups is 1. The Labute approximate surface area is 149 Å². The Hall–Kier alpha value is -2.68. The van der Waals surface area contributed by atoms with Crippen molar-refractivity contribution in [2.24, 2.45) is 0 Å². The van der Waals surface area contributed by atoms with Gasteiger partial charge in [0.1, 0.15) is 0 Å². The summed E-state index contributed by atoms with van der Waals surface area (Å²) in [5.41, 5.74) is 3.41. The van der Waals surface area contributed by atoms with Crippen LogP contribution in [0.4, 0.5) is 0 Å². The lowest BCUT2D eigenvalue weighted by Crippen LogP contribution is -2.42. The summed E-state index contributed by atoms with van der Waals surface area (Å²) in [4.78, 5) is 20.0. The topological polar surface area (TPSA) is 33.2 Å². The van der Waals surface area contributed by atoms with E-state index in [0.29, 0.717) is 5.56 Å². The first-order valence-corrected chi connectivity index (χ1v) is 8.77. The van der Waals surface area contributed by atoms with Gasteiger partial charge in [0.25, 0.3) is 5.91 Å². The Morgan fingerprint density at radius 2 is 1.48 bits per heavy atom. The van der Waals surface area contributed by atoms with Crippen LogP contribution in [0.3, 0.4) is 0 Å². The van der Waals surface area contributed by atoms with Gasteiger partial charge in [0.2, 0.25) is 0 Å². The van der Waals surface area contributed by atoms with Crippen molar-refractivity contribution < 1.29 is 4.79 Å². The van der Waals surface area contributed by atoms with Crippen molar-refractivity contribution in [2.45, 2.75) is 39.8 Å². The van der Waals surface area contributed by atoms with Gasteiger partial charge in [-0.2, -0.15) is 0 Å². The summed E-state index contributed by atoms with van der Waals surface area (Å²) in [5, 5.41) is 0.901. The van der Waals surface area contributed by atoms with Crippen LogP contribution in [-0.4, -0.2) is 27.9 Å². The Kier molecular flexibility index (Phi) is 4.84. The van der Waals surface area contributed by atoms with Gasteiger partial charge in [-0.15, -0.1) is 0 Å². The fourth-order valence-electron chi connectivity index (χ4n) is 3.31. The minimum absolute atomic E-state index is 0.0563. The molecule has 0 aliphatic rings. The van der Waals surface area contributed by atoms with E-state index in [2.05, 4.69) is 27.7 Å². The van der Waals surface area contributed by atoms with Crippen molar-refractivity contribution in [3.05, 3.63) is 66.2 Å². The van der Waals surface area contributed by atoms with Gasteiger partial charge in [-0.25, -0.2) is 4.98 Å². The predicted molar refractivity (Wildman–Crippen MR) is 104 cm³/mol. The molecule has 3 rings (SSSR count). The van der Waals surface area contributed by atoms with E-state index < -0.39 is 0 Å². The van der Waals surface area contributed by atoms with Crippen LogP contribution in [0.15, 0.2) is 60.7 Å². The number of para-hydroxylation sites is 1. The van der Waals surface area contributed by atoms with Crippen molar-refractivity contribution in [1.29, 1.82) is 0 Å². The molecule has 2 aromatic carbocycles.